The molecule has 3 nitrogen and oxygen atoms in total. The Morgan fingerprint density at radius 1 is 1.24 bits per heavy atom. The van der Waals surface area contributed by atoms with Gasteiger partial charge < -0.3 is 11.1 Å². The molecule has 3 N–H and O–H groups in total. The van der Waals surface area contributed by atoms with E-state index < -0.39 is 5.76 Å². The molecule has 1 saturated carbocycles. The van der Waals surface area contributed by atoms with Crippen molar-refractivity contribution >= 4 is 23.4 Å². The molecule has 0 aliphatic heterocycles. The third-order valence-electron chi connectivity index (χ3n) is 3.77. The Morgan fingerprint density at radius 3 is 2.71 bits per heavy atom. The summed E-state index contributed by atoms with van der Waals surface area (Å²) in [5, 5.41) is 2.77. The lowest BCUT2D eigenvalue weighted by atomic mass is 9.94. The first-order valence-electron chi connectivity index (χ1n) is 7.18. The molecule has 0 radical (unpaired) electrons. The van der Waals surface area contributed by atoms with Crippen LogP contribution in [0.1, 0.15) is 32.1 Å². The molecule has 1 fully saturated rings. The smallest absolute Gasteiger partial charge is 0.288 e. The van der Waals surface area contributed by atoms with Gasteiger partial charge >= 0.3 is 0 Å². The number of halogens is 2. The number of hydrogen-bond donors (Lipinski definition) is 2. The third-order valence-corrected chi connectivity index (χ3v) is 4.56. The molecule has 0 spiro atoms. The number of carbonyl (C=O) groups is 1. The molecule has 2 rings (SSSR count). The van der Waals surface area contributed by atoms with E-state index in [1.807, 2.05) is 0 Å². The molecule has 0 aromatic heterocycles. The molecule has 1 aliphatic carbocycles. The quantitative estimate of drug-likeness (QED) is 0.655. The summed E-state index contributed by atoms with van der Waals surface area (Å²) in [6.07, 6.45) is 4.72. The van der Waals surface area contributed by atoms with Gasteiger partial charge in [-0.15, -0.1) is 0 Å². The Balaban J connectivity index is 2.08. The number of carbonyl (C=O) groups excluding carboxylic acids is 1. The maximum absolute atomic E-state index is 12.5. The average molecular weight is 314 g/mol. The molecule has 1 amide bonds. The van der Waals surface area contributed by atoms with Gasteiger partial charge in [0.15, 0.2) is 0 Å². The zero-order chi connectivity index (χ0) is 15.2. The van der Waals surface area contributed by atoms with E-state index in [1.165, 1.54) is 0 Å². The monoisotopic (exact) mass is 314 g/mol. The van der Waals surface area contributed by atoms with Crippen LogP contribution < -0.4 is 11.1 Å². The van der Waals surface area contributed by atoms with Crippen molar-refractivity contribution in [3.05, 3.63) is 24.3 Å². The van der Waals surface area contributed by atoms with Crippen molar-refractivity contribution in [3.63, 3.8) is 0 Å². The Hall–Kier alpha value is -1.14. The van der Waals surface area contributed by atoms with E-state index in [9.17, 15) is 13.6 Å². The number of nitrogens with one attached hydrogen (secondary N) is 1. The summed E-state index contributed by atoms with van der Waals surface area (Å²) in [4.78, 5) is 12.8. The molecule has 0 heterocycles. The summed E-state index contributed by atoms with van der Waals surface area (Å²) in [6, 6.07) is 6.47. The second kappa shape index (κ2) is 7.75. The summed E-state index contributed by atoms with van der Waals surface area (Å²) in [6.45, 7) is 0. The topological polar surface area (TPSA) is 55.1 Å². The van der Waals surface area contributed by atoms with Crippen LogP contribution in [0.4, 0.5) is 14.5 Å². The maximum atomic E-state index is 12.5. The fraction of sp³-hybridized carbons (Fsp3) is 0.533. The molecule has 0 saturated heterocycles. The molecule has 1 aromatic rings. The second-order valence-corrected chi connectivity index (χ2v) is 6.30. The van der Waals surface area contributed by atoms with Gasteiger partial charge in [0.1, 0.15) is 0 Å². The zero-order valence-electron chi connectivity index (χ0n) is 11.7. The second-order valence-electron chi connectivity index (χ2n) is 5.27. The SMILES string of the molecule is NC1CCCCCC1C(=O)Nc1ccccc1SC(F)F. The lowest BCUT2D eigenvalue weighted by Gasteiger charge is -2.21. The Bertz CT molecular complexity index is 484. The van der Waals surface area contributed by atoms with Gasteiger partial charge in [0.25, 0.3) is 5.76 Å². The largest absolute Gasteiger partial charge is 0.327 e. The van der Waals surface area contributed by atoms with Crippen LogP contribution in [0, 0.1) is 5.92 Å². The van der Waals surface area contributed by atoms with Crippen LogP contribution in [0.25, 0.3) is 0 Å². The summed E-state index contributed by atoms with van der Waals surface area (Å²) in [5.74, 6) is -2.91. The number of rotatable bonds is 4. The lowest BCUT2D eigenvalue weighted by Crippen LogP contribution is -2.37. The predicted octanol–water partition coefficient (Wildman–Crippen LogP) is 3.85. The molecule has 1 aliphatic rings. The number of benzene rings is 1. The first-order valence-corrected chi connectivity index (χ1v) is 8.06. The summed E-state index contributed by atoms with van der Waals surface area (Å²) in [7, 11) is 0. The van der Waals surface area contributed by atoms with E-state index in [1.54, 1.807) is 24.3 Å². The van der Waals surface area contributed by atoms with E-state index >= 15 is 0 Å². The number of nitrogens with two attached hydrogens (primary N) is 1. The minimum Gasteiger partial charge on any atom is -0.327 e. The molecule has 6 heteroatoms. The van der Waals surface area contributed by atoms with E-state index in [0.717, 1.165) is 32.1 Å². The number of anilines is 1. The highest BCUT2D eigenvalue weighted by atomic mass is 32.2. The van der Waals surface area contributed by atoms with Crippen molar-refractivity contribution in [1.29, 1.82) is 0 Å². The van der Waals surface area contributed by atoms with Crippen molar-refractivity contribution < 1.29 is 13.6 Å². The predicted molar refractivity (Wildman–Crippen MR) is 81.5 cm³/mol. The van der Waals surface area contributed by atoms with E-state index in [4.69, 9.17) is 5.73 Å². The minimum absolute atomic E-state index is 0.151. The van der Waals surface area contributed by atoms with Crippen molar-refractivity contribution in [2.24, 2.45) is 11.7 Å². The standard InChI is InChI=1S/C15H20F2N2OS/c16-15(17)21-13-9-5-4-8-12(13)19-14(20)10-6-2-1-3-7-11(10)18/h4-5,8-11,15H,1-3,6-7,18H2,(H,19,20). The molecule has 2 atom stereocenters. The zero-order valence-corrected chi connectivity index (χ0v) is 12.5. The molecule has 116 valence electrons. The van der Waals surface area contributed by atoms with Crippen molar-refractivity contribution in [3.8, 4) is 0 Å². The Morgan fingerprint density at radius 2 is 1.95 bits per heavy atom. The molecule has 1 aromatic carbocycles. The fourth-order valence-corrected chi connectivity index (χ4v) is 3.25. The highest BCUT2D eigenvalue weighted by molar-refractivity contribution is 7.99. The van der Waals surface area contributed by atoms with Crippen LogP contribution in [0.15, 0.2) is 29.2 Å². The molecular weight excluding hydrogens is 294 g/mol. The number of thioether (sulfide) groups is 1. The number of amides is 1. The molecule has 0 bridgehead atoms. The van der Waals surface area contributed by atoms with E-state index in [-0.39, 0.29) is 17.9 Å². The molecule has 21 heavy (non-hydrogen) atoms. The van der Waals surface area contributed by atoms with Crippen molar-refractivity contribution in [2.45, 2.75) is 48.8 Å². The van der Waals surface area contributed by atoms with Gasteiger partial charge in [0.2, 0.25) is 5.91 Å². The van der Waals surface area contributed by atoms with Crippen molar-refractivity contribution in [1.82, 2.24) is 0 Å². The Kier molecular flexibility index (Phi) is 5.99. The van der Waals surface area contributed by atoms with Crippen LogP contribution >= 0.6 is 11.8 Å². The summed E-state index contributed by atoms with van der Waals surface area (Å²) < 4.78 is 25.1. The normalized spacial score (nSPS) is 22.9. The van der Waals surface area contributed by atoms with Gasteiger partial charge in [0.05, 0.1) is 11.6 Å². The van der Waals surface area contributed by atoms with E-state index in [0.29, 0.717) is 22.3 Å². The van der Waals surface area contributed by atoms with Gasteiger partial charge in [0, 0.05) is 10.9 Å². The van der Waals surface area contributed by atoms with Crippen LogP contribution in [0.5, 0.6) is 0 Å². The van der Waals surface area contributed by atoms with Crippen LogP contribution in [0.3, 0.4) is 0 Å². The highest BCUT2D eigenvalue weighted by Crippen LogP contribution is 2.32. The first kappa shape index (κ1) is 16.2. The van der Waals surface area contributed by atoms with Crippen LogP contribution in [-0.4, -0.2) is 17.7 Å². The van der Waals surface area contributed by atoms with Crippen LogP contribution in [0.2, 0.25) is 0 Å². The molecular formula is C15H20F2N2OS. The van der Waals surface area contributed by atoms with Gasteiger partial charge in [-0.25, -0.2) is 0 Å². The van der Waals surface area contributed by atoms with Crippen molar-refractivity contribution in [2.75, 3.05) is 5.32 Å². The first-order chi connectivity index (χ1) is 10.1. The number of hydrogen-bond acceptors (Lipinski definition) is 3. The Labute approximate surface area is 127 Å². The summed E-state index contributed by atoms with van der Waals surface area (Å²) >= 11 is 0.439. The van der Waals surface area contributed by atoms with Gasteiger partial charge in [-0.1, -0.05) is 43.2 Å². The van der Waals surface area contributed by atoms with Gasteiger partial charge in [-0.2, -0.15) is 8.78 Å². The van der Waals surface area contributed by atoms with Gasteiger partial charge in [-0.05, 0) is 25.0 Å². The van der Waals surface area contributed by atoms with Crippen LogP contribution in [-0.2, 0) is 4.79 Å². The highest BCUT2D eigenvalue weighted by Gasteiger charge is 2.27. The van der Waals surface area contributed by atoms with E-state index in [2.05, 4.69) is 5.32 Å². The maximum Gasteiger partial charge on any atom is 0.288 e. The third kappa shape index (κ3) is 4.68. The van der Waals surface area contributed by atoms with Gasteiger partial charge in [-0.3, -0.25) is 4.79 Å². The molecule has 2 unspecified atom stereocenters. The minimum atomic E-state index is -2.51. The fourth-order valence-electron chi connectivity index (χ4n) is 2.66. The average Bonchev–Trinajstić information content (AvgIpc) is 2.65. The number of alkyl halides is 2. The number of para-hydroxylation sites is 1. The summed E-state index contributed by atoms with van der Waals surface area (Å²) in [5.41, 5.74) is 6.50. The lowest BCUT2D eigenvalue weighted by molar-refractivity contribution is -0.120.